The number of hydroxylamine groups is 2. The highest BCUT2D eigenvalue weighted by atomic mass is 16.7. The van der Waals surface area contributed by atoms with E-state index in [0.717, 1.165) is 10.6 Å². The normalized spacial score (nSPS) is 17.4. The number of piperazine rings is 1. The molecule has 8 heteroatoms. The molecule has 1 aromatic rings. The van der Waals surface area contributed by atoms with Crippen molar-refractivity contribution >= 4 is 18.4 Å². The van der Waals surface area contributed by atoms with Crippen LogP contribution in [0.5, 0.6) is 0 Å². The zero-order valence-corrected chi connectivity index (χ0v) is 14.5. The van der Waals surface area contributed by atoms with E-state index >= 15 is 0 Å². The largest absolute Gasteiger partial charge is 0.448 e. The third-order valence-electron chi connectivity index (χ3n) is 3.78. The molecule has 1 fully saturated rings. The number of hydrogen-bond acceptors (Lipinski definition) is 5. The van der Waals surface area contributed by atoms with Crippen LogP contribution in [0.3, 0.4) is 0 Å². The molecule has 0 saturated carbocycles. The van der Waals surface area contributed by atoms with Gasteiger partial charge < -0.3 is 14.5 Å². The predicted molar refractivity (Wildman–Crippen MR) is 88.9 cm³/mol. The molecule has 0 aliphatic carbocycles. The monoisotopic (exact) mass is 349 g/mol. The van der Waals surface area contributed by atoms with E-state index in [1.807, 2.05) is 30.3 Å². The van der Waals surface area contributed by atoms with E-state index in [0.29, 0.717) is 13.0 Å². The van der Waals surface area contributed by atoms with Crippen LogP contribution in [-0.4, -0.2) is 65.7 Å². The van der Waals surface area contributed by atoms with Gasteiger partial charge in [0.1, 0.15) is 6.54 Å². The molecule has 1 aromatic carbocycles. The molecule has 1 unspecified atom stereocenters. The van der Waals surface area contributed by atoms with Crippen molar-refractivity contribution < 1.29 is 24.0 Å². The summed E-state index contributed by atoms with van der Waals surface area (Å²) in [5.74, 6) is -0.187. The fraction of sp³-hybridized carbons (Fsp3) is 0.471. The second-order valence-corrected chi connectivity index (χ2v) is 5.46. The molecule has 1 heterocycles. The average Bonchev–Trinajstić information content (AvgIpc) is 2.62. The highest BCUT2D eigenvalue weighted by molar-refractivity contribution is 5.81. The lowest BCUT2D eigenvalue weighted by Crippen LogP contribution is -2.62. The van der Waals surface area contributed by atoms with Crippen LogP contribution in [0.2, 0.25) is 0 Å². The molecular weight excluding hydrogens is 326 g/mol. The van der Waals surface area contributed by atoms with E-state index < -0.39 is 12.3 Å². The molecule has 1 atom stereocenters. The van der Waals surface area contributed by atoms with Crippen LogP contribution in [0.15, 0.2) is 30.3 Å². The fourth-order valence-electron chi connectivity index (χ4n) is 2.62. The van der Waals surface area contributed by atoms with Gasteiger partial charge in [-0.25, -0.2) is 4.79 Å². The van der Waals surface area contributed by atoms with Crippen molar-refractivity contribution in [3.63, 3.8) is 0 Å². The minimum atomic E-state index is -0.738. The first-order valence-electron chi connectivity index (χ1n) is 8.22. The molecule has 0 bridgehead atoms. The van der Waals surface area contributed by atoms with Crippen molar-refractivity contribution in [2.45, 2.75) is 26.6 Å². The molecular formula is C17H23N3O5. The third kappa shape index (κ3) is 4.69. The highest BCUT2D eigenvalue weighted by Crippen LogP contribution is 2.17. The van der Waals surface area contributed by atoms with E-state index in [1.54, 1.807) is 18.7 Å². The number of hydrogen-bond donors (Lipinski definition) is 0. The predicted octanol–water partition coefficient (Wildman–Crippen LogP) is 1.22. The van der Waals surface area contributed by atoms with Gasteiger partial charge in [-0.3, -0.25) is 14.4 Å². The summed E-state index contributed by atoms with van der Waals surface area (Å²) in [7, 11) is 0. The molecule has 0 spiro atoms. The van der Waals surface area contributed by atoms with Crippen molar-refractivity contribution in [2.24, 2.45) is 0 Å². The van der Waals surface area contributed by atoms with Gasteiger partial charge in [0.25, 0.3) is 0 Å². The number of carbonyl (C=O) groups excluding carboxylic acids is 3. The summed E-state index contributed by atoms with van der Waals surface area (Å²) < 4.78 is 5.00. The molecule has 136 valence electrons. The van der Waals surface area contributed by atoms with Crippen molar-refractivity contribution in [2.75, 3.05) is 26.3 Å². The number of rotatable bonds is 7. The number of benzene rings is 1. The van der Waals surface area contributed by atoms with Gasteiger partial charge >= 0.3 is 6.09 Å². The topological polar surface area (TPSA) is 79.4 Å². The van der Waals surface area contributed by atoms with Gasteiger partial charge in [-0.2, -0.15) is 5.06 Å². The van der Waals surface area contributed by atoms with Crippen LogP contribution in [0, 0.1) is 0 Å². The first kappa shape index (κ1) is 18.7. The Morgan fingerprint density at radius 3 is 2.60 bits per heavy atom. The molecule has 0 radical (unpaired) electrons. The zero-order chi connectivity index (χ0) is 18.2. The molecule has 1 saturated heterocycles. The molecule has 8 nitrogen and oxygen atoms in total. The van der Waals surface area contributed by atoms with Gasteiger partial charge in [0.15, 0.2) is 6.17 Å². The summed E-state index contributed by atoms with van der Waals surface area (Å²) in [6.45, 7) is 4.25. The lowest BCUT2D eigenvalue weighted by atomic mass is 10.2. The highest BCUT2D eigenvalue weighted by Gasteiger charge is 2.38. The number of carbonyl (C=O) groups is 3. The van der Waals surface area contributed by atoms with Gasteiger partial charge in [-0.15, -0.1) is 0 Å². The Morgan fingerprint density at radius 1 is 1.28 bits per heavy atom. The van der Waals surface area contributed by atoms with E-state index in [-0.39, 0.29) is 32.2 Å². The van der Waals surface area contributed by atoms with Gasteiger partial charge in [0, 0.05) is 6.54 Å². The quantitative estimate of drug-likeness (QED) is 0.546. The van der Waals surface area contributed by atoms with E-state index in [9.17, 15) is 14.4 Å². The SMILES string of the molecule is CCOC(=O)N(OCC)C1CN(Cc2ccccc2)C(=O)CN1C=O. The molecule has 3 amide bonds. The van der Waals surface area contributed by atoms with Crippen molar-refractivity contribution in [3.05, 3.63) is 35.9 Å². The minimum absolute atomic E-state index is 0.121. The minimum Gasteiger partial charge on any atom is -0.448 e. The molecule has 0 aromatic heterocycles. The van der Waals surface area contributed by atoms with Gasteiger partial charge in [-0.05, 0) is 19.4 Å². The Bertz CT molecular complexity index is 595. The van der Waals surface area contributed by atoms with Crippen molar-refractivity contribution in [1.82, 2.24) is 14.9 Å². The van der Waals surface area contributed by atoms with E-state index in [2.05, 4.69) is 0 Å². The van der Waals surface area contributed by atoms with Crippen LogP contribution in [-0.2, 0) is 25.7 Å². The third-order valence-corrected chi connectivity index (χ3v) is 3.78. The van der Waals surface area contributed by atoms with Crippen molar-refractivity contribution in [1.29, 1.82) is 0 Å². The van der Waals surface area contributed by atoms with Crippen LogP contribution >= 0.6 is 0 Å². The molecule has 0 N–H and O–H groups in total. The smallest absolute Gasteiger partial charge is 0.436 e. The second-order valence-electron chi connectivity index (χ2n) is 5.46. The maximum atomic E-state index is 12.3. The lowest BCUT2D eigenvalue weighted by Gasteiger charge is -2.42. The average molecular weight is 349 g/mol. The lowest BCUT2D eigenvalue weighted by molar-refractivity contribution is -0.203. The number of nitrogens with zero attached hydrogens (tertiary/aromatic N) is 3. The summed E-state index contributed by atoms with van der Waals surface area (Å²) in [5.41, 5.74) is 0.966. The first-order valence-corrected chi connectivity index (χ1v) is 8.22. The maximum Gasteiger partial charge on any atom is 0.436 e. The van der Waals surface area contributed by atoms with Crippen molar-refractivity contribution in [3.8, 4) is 0 Å². The summed E-state index contributed by atoms with van der Waals surface area (Å²) >= 11 is 0. The summed E-state index contributed by atoms with van der Waals surface area (Å²) in [6.07, 6.45) is -0.874. The number of amides is 3. The summed E-state index contributed by atoms with van der Waals surface area (Å²) in [4.78, 5) is 44.1. The van der Waals surface area contributed by atoms with Crippen LogP contribution in [0.1, 0.15) is 19.4 Å². The summed E-state index contributed by atoms with van der Waals surface area (Å²) in [5, 5.41) is 1.03. The van der Waals surface area contributed by atoms with Gasteiger partial charge in [0.2, 0.25) is 12.3 Å². The number of ether oxygens (including phenoxy) is 1. The Kier molecular flexibility index (Phi) is 6.76. The standard InChI is InChI=1S/C17H23N3O5/c1-3-24-17(23)20(25-4-2)15-11-18(16(22)12-19(15)13-21)10-14-8-6-5-7-9-14/h5-9,13,15H,3-4,10-12H2,1-2H3. The molecule has 1 aliphatic heterocycles. The van der Waals surface area contributed by atoms with Crippen LogP contribution in [0.25, 0.3) is 0 Å². The van der Waals surface area contributed by atoms with E-state index in [4.69, 9.17) is 9.57 Å². The zero-order valence-electron chi connectivity index (χ0n) is 14.5. The Morgan fingerprint density at radius 2 is 2.00 bits per heavy atom. The van der Waals surface area contributed by atoms with Crippen LogP contribution in [0.4, 0.5) is 4.79 Å². The Balaban J connectivity index is 2.19. The molecule has 1 aliphatic rings. The molecule has 25 heavy (non-hydrogen) atoms. The first-order chi connectivity index (χ1) is 12.1. The van der Waals surface area contributed by atoms with Crippen LogP contribution < -0.4 is 0 Å². The molecule has 2 rings (SSSR count). The Labute approximate surface area is 146 Å². The van der Waals surface area contributed by atoms with Gasteiger partial charge in [0.05, 0.1) is 19.8 Å². The second kappa shape index (κ2) is 9.03. The summed E-state index contributed by atoms with van der Waals surface area (Å²) in [6, 6.07) is 9.52. The van der Waals surface area contributed by atoms with E-state index in [1.165, 1.54) is 4.90 Å². The Hall–Kier alpha value is -2.61. The van der Waals surface area contributed by atoms with Gasteiger partial charge in [-0.1, -0.05) is 30.3 Å². The maximum absolute atomic E-state index is 12.3. The fourth-order valence-corrected chi connectivity index (χ4v) is 2.62.